The summed E-state index contributed by atoms with van der Waals surface area (Å²) in [5.41, 5.74) is 0. The van der Waals surface area contributed by atoms with Gasteiger partial charge in [-0.05, 0) is 5.92 Å². The van der Waals surface area contributed by atoms with Crippen LogP contribution in [0.25, 0.3) is 0 Å². The molecule has 2 unspecified atom stereocenters. The Labute approximate surface area is 72.2 Å². The first kappa shape index (κ1) is 9.32. The molecule has 0 aromatic carbocycles. The van der Waals surface area contributed by atoms with E-state index in [1.54, 1.807) is 7.11 Å². The van der Waals surface area contributed by atoms with E-state index in [4.69, 9.17) is 9.47 Å². The number of rotatable bonds is 3. The van der Waals surface area contributed by atoms with Gasteiger partial charge in [-0.15, -0.1) is 0 Å². The number of hydrogen-bond acceptors (Lipinski definition) is 3. The molecule has 1 N–H and O–H groups in total. The predicted molar refractivity (Wildman–Crippen MR) is 43.9 cm³/mol. The maximum absolute atomic E-state index is 10.7. The zero-order valence-corrected chi connectivity index (χ0v) is 7.66. The van der Waals surface area contributed by atoms with Gasteiger partial charge in [0, 0.05) is 7.11 Å². The normalized spacial score (nSPS) is 25.3. The molecule has 0 bridgehead atoms. The van der Waals surface area contributed by atoms with Crippen molar-refractivity contribution in [1.82, 2.24) is 5.32 Å². The Bertz CT molecular complexity index is 170. The molecule has 1 fully saturated rings. The van der Waals surface area contributed by atoms with Crippen molar-refractivity contribution < 1.29 is 14.3 Å². The van der Waals surface area contributed by atoms with Crippen LogP contribution in [0.1, 0.15) is 13.8 Å². The Hall–Kier alpha value is -0.770. The van der Waals surface area contributed by atoms with Crippen molar-refractivity contribution in [2.75, 3.05) is 13.7 Å². The highest BCUT2D eigenvalue weighted by atomic mass is 16.6. The van der Waals surface area contributed by atoms with Gasteiger partial charge in [-0.2, -0.15) is 0 Å². The lowest BCUT2D eigenvalue weighted by Gasteiger charge is -2.23. The van der Waals surface area contributed by atoms with Crippen LogP contribution in [0.15, 0.2) is 0 Å². The summed E-state index contributed by atoms with van der Waals surface area (Å²) in [5.74, 6) is 0.354. The minimum Gasteiger partial charge on any atom is -0.442 e. The third-order valence-corrected chi connectivity index (χ3v) is 2.00. The van der Waals surface area contributed by atoms with Crippen LogP contribution >= 0.6 is 0 Å². The van der Waals surface area contributed by atoms with Crippen molar-refractivity contribution in [3.05, 3.63) is 0 Å². The number of cyclic esters (lactones) is 1. The van der Waals surface area contributed by atoms with Gasteiger partial charge in [-0.3, -0.25) is 0 Å². The number of nitrogens with one attached hydrogen (secondary N) is 1. The van der Waals surface area contributed by atoms with Crippen LogP contribution in [0, 0.1) is 5.92 Å². The zero-order chi connectivity index (χ0) is 9.14. The molecule has 4 nitrogen and oxygen atoms in total. The van der Waals surface area contributed by atoms with E-state index in [0.29, 0.717) is 12.5 Å². The van der Waals surface area contributed by atoms with Crippen LogP contribution in [0.2, 0.25) is 0 Å². The minimum atomic E-state index is -0.345. The summed E-state index contributed by atoms with van der Waals surface area (Å²) < 4.78 is 10.2. The molecular formula is C8H15NO3. The molecule has 0 aliphatic carbocycles. The molecule has 2 atom stereocenters. The van der Waals surface area contributed by atoms with Gasteiger partial charge in [-0.1, -0.05) is 13.8 Å². The van der Waals surface area contributed by atoms with Crippen molar-refractivity contribution in [2.24, 2.45) is 5.92 Å². The van der Waals surface area contributed by atoms with E-state index in [1.165, 1.54) is 0 Å². The van der Waals surface area contributed by atoms with Crippen molar-refractivity contribution in [2.45, 2.75) is 26.1 Å². The lowest BCUT2D eigenvalue weighted by atomic mass is 10.0. The quantitative estimate of drug-likeness (QED) is 0.685. The third-order valence-electron chi connectivity index (χ3n) is 2.00. The number of alkyl carbamates (subject to hydrolysis) is 1. The molecule has 1 amide bonds. The smallest absolute Gasteiger partial charge is 0.407 e. The zero-order valence-electron chi connectivity index (χ0n) is 7.66. The summed E-state index contributed by atoms with van der Waals surface area (Å²) in [6.07, 6.45) is -0.492. The molecule has 1 saturated heterocycles. The van der Waals surface area contributed by atoms with E-state index in [0.717, 1.165) is 0 Å². The van der Waals surface area contributed by atoms with Gasteiger partial charge in [0.05, 0.1) is 12.6 Å². The Morgan fingerprint density at radius 1 is 1.67 bits per heavy atom. The first-order valence-electron chi connectivity index (χ1n) is 4.12. The molecule has 0 aromatic rings. The van der Waals surface area contributed by atoms with Gasteiger partial charge in [-0.25, -0.2) is 4.79 Å². The Balaban J connectivity index is 2.49. The van der Waals surface area contributed by atoms with Gasteiger partial charge in [0.25, 0.3) is 0 Å². The molecule has 0 saturated carbocycles. The number of amides is 1. The van der Waals surface area contributed by atoms with E-state index in [9.17, 15) is 4.79 Å². The van der Waals surface area contributed by atoms with E-state index in [1.807, 2.05) is 13.8 Å². The number of carbonyl (C=O) groups is 1. The van der Waals surface area contributed by atoms with Crippen molar-refractivity contribution >= 4 is 6.09 Å². The maximum atomic E-state index is 10.7. The second kappa shape index (κ2) is 3.76. The molecule has 4 heteroatoms. The lowest BCUT2D eigenvalue weighted by Crippen LogP contribution is -2.35. The monoisotopic (exact) mass is 173 g/mol. The number of methoxy groups -OCH3 is 1. The fourth-order valence-corrected chi connectivity index (χ4v) is 1.44. The van der Waals surface area contributed by atoms with Crippen LogP contribution < -0.4 is 5.32 Å². The number of hydrogen-bond donors (Lipinski definition) is 1. The summed E-state index contributed by atoms with van der Waals surface area (Å²) in [7, 11) is 1.64. The van der Waals surface area contributed by atoms with Crippen LogP contribution in [0.3, 0.4) is 0 Å². The molecular weight excluding hydrogens is 158 g/mol. The highest BCUT2D eigenvalue weighted by molar-refractivity contribution is 5.69. The Morgan fingerprint density at radius 2 is 2.33 bits per heavy atom. The van der Waals surface area contributed by atoms with Crippen molar-refractivity contribution in [1.29, 1.82) is 0 Å². The van der Waals surface area contributed by atoms with Crippen LogP contribution in [-0.4, -0.2) is 32.0 Å². The first-order chi connectivity index (χ1) is 5.65. The van der Waals surface area contributed by atoms with Crippen LogP contribution in [0.4, 0.5) is 4.79 Å². The van der Waals surface area contributed by atoms with Crippen molar-refractivity contribution in [3.63, 3.8) is 0 Å². The number of carbonyl (C=O) groups excluding carboxylic acids is 1. The SMILES string of the molecule is COC(C(C)C)C1CNC(=O)O1. The standard InChI is InChI=1S/C8H15NO3/c1-5(2)7(11-3)6-4-9-8(10)12-6/h5-7H,4H2,1-3H3,(H,9,10). The summed E-state index contributed by atoms with van der Waals surface area (Å²) in [5, 5.41) is 2.60. The van der Waals surface area contributed by atoms with Gasteiger partial charge in [0.1, 0.15) is 6.10 Å². The largest absolute Gasteiger partial charge is 0.442 e. The van der Waals surface area contributed by atoms with E-state index < -0.39 is 0 Å². The van der Waals surface area contributed by atoms with Crippen LogP contribution in [0.5, 0.6) is 0 Å². The van der Waals surface area contributed by atoms with Crippen molar-refractivity contribution in [3.8, 4) is 0 Å². The predicted octanol–water partition coefficient (Wildman–Crippen LogP) is 0.766. The van der Waals surface area contributed by atoms with Gasteiger partial charge in [0.2, 0.25) is 0 Å². The molecule has 1 rings (SSSR count). The molecule has 70 valence electrons. The lowest BCUT2D eigenvalue weighted by molar-refractivity contribution is -0.0240. The van der Waals surface area contributed by atoms with Gasteiger partial charge in [0.15, 0.2) is 0 Å². The van der Waals surface area contributed by atoms with E-state index in [-0.39, 0.29) is 18.3 Å². The Kier molecular flexibility index (Phi) is 2.92. The first-order valence-corrected chi connectivity index (χ1v) is 4.12. The Morgan fingerprint density at radius 3 is 2.67 bits per heavy atom. The molecule has 1 heterocycles. The van der Waals surface area contributed by atoms with Gasteiger partial charge < -0.3 is 14.8 Å². The topological polar surface area (TPSA) is 47.6 Å². The second-order valence-corrected chi connectivity index (χ2v) is 3.27. The van der Waals surface area contributed by atoms with E-state index >= 15 is 0 Å². The third kappa shape index (κ3) is 1.88. The maximum Gasteiger partial charge on any atom is 0.407 e. The molecule has 0 radical (unpaired) electrons. The van der Waals surface area contributed by atoms with Gasteiger partial charge >= 0.3 is 6.09 Å². The minimum absolute atomic E-state index is 0.0102. The summed E-state index contributed by atoms with van der Waals surface area (Å²) in [6.45, 7) is 4.64. The average Bonchev–Trinajstić information content (AvgIpc) is 2.37. The summed E-state index contributed by atoms with van der Waals surface area (Å²) >= 11 is 0. The summed E-state index contributed by atoms with van der Waals surface area (Å²) in [4.78, 5) is 10.7. The molecule has 0 aromatic heterocycles. The number of ether oxygens (including phenoxy) is 2. The highest BCUT2D eigenvalue weighted by Gasteiger charge is 2.32. The average molecular weight is 173 g/mol. The second-order valence-electron chi connectivity index (χ2n) is 3.27. The molecule has 1 aliphatic heterocycles. The van der Waals surface area contributed by atoms with E-state index in [2.05, 4.69) is 5.32 Å². The molecule has 0 spiro atoms. The fraction of sp³-hybridized carbons (Fsp3) is 0.875. The fourth-order valence-electron chi connectivity index (χ4n) is 1.44. The summed E-state index contributed by atoms with van der Waals surface area (Å²) in [6, 6.07) is 0. The molecule has 12 heavy (non-hydrogen) atoms. The highest BCUT2D eigenvalue weighted by Crippen LogP contribution is 2.15. The molecule has 1 aliphatic rings. The van der Waals surface area contributed by atoms with Crippen LogP contribution in [-0.2, 0) is 9.47 Å².